The van der Waals surface area contributed by atoms with Crippen LogP contribution in [0.1, 0.15) is 53.5 Å². The fourth-order valence-electron chi connectivity index (χ4n) is 1.79. The van der Waals surface area contributed by atoms with Gasteiger partial charge in [-0.05, 0) is 28.8 Å². The van der Waals surface area contributed by atoms with Crippen LogP contribution in [-0.2, 0) is 13.2 Å². The van der Waals surface area contributed by atoms with Gasteiger partial charge in [0.15, 0.2) is 10.7 Å². The van der Waals surface area contributed by atoms with Gasteiger partial charge in [-0.25, -0.2) is 9.48 Å². The predicted molar refractivity (Wildman–Crippen MR) is 77.8 cm³/mol. The highest BCUT2D eigenvalue weighted by atomic mass is 32.1. The van der Waals surface area contributed by atoms with Gasteiger partial charge < -0.3 is 9.84 Å². The number of hydrogen-bond donors (Lipinski definition) is 1. The molecular formula is C13H18N4O3S. The highest BCUT2D eigenvalue weighted by Gasteiger charge is 2.19. The second-order valence-corrected chi connectivity index (χ2v) is 5.99. The zero-order chi connectivity index (χ0) is 15.4. The summed E-state index contributed by atoms with van der Waals surface area (Å²) in [6.45, 7) is 6.93. The lowest BCUT2D eigenvalue weighted by Crippen LogP contribution is -2.09. The van der Waals surface area contributed by atoms with Crippen molar-refractivity contribution < 1.29 is 14.6 Å². The Morgan fingerprint density at radius 3 is 2.90 bits per heavy atom. The van der Waals surface area contributed by atoms with E-state index < -0.39 is 5.97 Å². The van der Waals surface area contributed by atoms with Crippen LogP contribution < -0.4 is 4.74 Å². The van der Waals surface area contributed by atoms with E-state index in [0.29, 0.717) is 18.1 Å². The molecule has 8 heteroatoms. The van der Waals surface area contributed by atoms with Crippen LogP contribution in [0.5, 0.6) is 5.75 Å². The molecule has 0 saturated carbocycles. The van der Waals surface area contributed by atoms with Crippen LogP contribution in [0.25, 0.3) is 0 Å². The summed E-state index contributed by atoms with van der Waals surface area (Å²) in [6, 6.07) is 1.78. The summed E-state index contributed by atoms with van der Waals surface area (Å²) < 4.78 is 7.29. The lowest BCUT2D eigenvalue weighted by atomic mass is 10.2. The Kier molecular flexibility index (Phi) is 4.89. The van der Waals surface area contributed by atoms with Crippen LogP contribution in [0.4, 0.5) is 0 Å². The van der Waals surface area contributed by atoms with Gasteiger partial charge in [0.2, 0.25) is 0 Å². The molecule has 2 aromatic heterocycles. The minimum Gasteiger partial charge on any atom is -0.484 e. The van der Waals surface area contributed by atoms with Crippen molar-refractivity contribution in [1.82, 2.24) is 20.2 Å². The first-order valence-electron chi connectivity index (χ1n) is 6.77. The van der Waals surface area contributed by atoms with E-state index in [1.54, 1.807) is 10.7 Å². The van der Waals surface area contributed by atoms with Crippen LogP contribution in [0.2, 0.25) is 0 Å². The molecule has 0 spiro atoms. The van der Waals surface area contributed by atoms with Crippen molar-refractivity contribution >= 4 is 17.3 Å². The molecule has 0 bridgehead atoms. The van der Waals surface area contributed by atoms with Gasteiger partial charge >= 0.3 is 5.97 Å². The fraction of sp³-hybridized carbons (Fsp3) is 0.538. The summed E-state index contributed by atoms with van der Waals surface area (Å²) in [5.74, 6) is 0.249. The van der Waals surface area contributed by atoms with Gasteiger partial charge in [0, 0.05) is 11.4 Å². The smallest absolute Gasteiger partial charge is 0.349 e. The molecule has 0 unspecified atom stereocenters. The summed E-state index contributed by atoms with van der Waals surface area (Å²) in [6.07, 6.45) is 0.911. The average molecular weight is 310 g/mol. The number of tetrazole rings is 1. The summed E-state index contributed by atoms with van der Waals surface area (Å²) in [5.41, 5.74) is 0. The summed E-state index contributed by atoms with van der Waals surface area (Å²) in [5, 5.41) is 20.6. The number of aromatic nitrogens is 4. The van der Waals surface area contributed by atoms with Crippen molar-refractivity contribution in [2.45, 2.75) is 46.3 Å². The SMILES string of the molecule is CCCn1nnnc1COc1cc(C(C)C)sc1C(=O)O. The van der Waals surface area contributed by atoms with E-state index in [-0.39, 0.29) is 17.4 Å². The zero-order valence-corrected chi connectivity index (χ0v) is 13.1. The first kappa shape index (κ1) is 15.4. The molecule has 0 aromatic carbocycles. The van der Waals surface area contributed by atoms with E-state index in [1.165, 1.54) is 11.3 Å². The van der Waals surface area contributed by atoms with Gasteiger partial charge in [0.25, 0.3) is 0 Å². The first-order chi connectivity index (χ1) is 10.0. The molecule has 21 heavy (non-hydrogen) atoms. The van der Waals surface area contributed by atoms with Crippen molar-refractivity contribution in [3.05, 3.63) is 21.6 Å². The third-order valence-electron chi connectivity index (χ3n) is 2.88. The van der Waals surface area contributed by atoms with E-state index in [4.69, 9.17) is 4.74 Å². The Morgan fingerprint density at radius 1 is 1.52 bits per heavy atom. The largest absolute Gasteiger partial charge is 0.484 e. The highest BCUT2D eigenvalue weighted by molar-refractivity contribution is 7.14. The molecule has 0 aliphatic heterocycles. The zero-order valence-electron chi connectivity index (χ0n) is 12.2. The van der Waals surface area contributed by atoms with Crippen molar-refractivity contribution in [3.63, 3.8) is 0 Å². The standard InChI is InChI=1S/C13H18N4O3S/c1-4-5-17-11(14-15-16-17)7-20-9-6-10(8(2)3)21-12(9)13(18)19/h6,8H,4-5,7H2,1-3H3,(H,18,19). The van der Waals surface area contributed by atoms with Crippen molar-refractivity contribution in [2.24, 2.45) is 0 Å². The van der Waals surface area contributed by atoms with Crippen LogP contribution in [-0.4, -0.2) is 31.3 Å². The first-order valence-corrected chi connectivity index (χ1v) is 7.59. The second kappa shape index (κ2) is 6.66. The number of hydrogen-bond acceptors (Lipinski definition) is 6. The molecule has 0 amide bonds. The number of carbonyl (C=O) groups is 1. The van der Waals surface area contributed by atoms with Crippen molar-refractivity contribution in [3.8, 4) is 5.75 Å². The van der Waals surface area contributed by atoms with Crippen LogP contribution in [0.15, 0.2) is 6.07 Å². The summed E-state index contributed by atoms with van der Waals surface area (Å²) in [4.78, 5) is 12.5. The maximum Gasteiger partial charge on any atom is 0.349 e. The normalized spacial score (nSPS) is 11.0. The third-order valence-corrected chi connectivity index (χ3v) is 4.28. The molecule has 2 heterocycles. The van der Waals surface area contributed by atoms with Gasteiger partial charge in [0.1, 0.15) is 12.4 Å². The number of ether oxygens (including phenoxy) is 1. The average Bonchev–Trinajstić information content (AvgIpc) is 3.03. The molecule has 1 N–H and O–H groups in total. The van der Waals surface area contributed by atoms with Gasteiger partial charge in [-0.2, -0.15) is 0 Å². The topological polar surface area (TPSA) is 90.1 Å². The van der Waals surface area contributed by atoms with Crippen LogP contribution in [0.3, 0.4) is 0 Å². The summed E-state index contributed by atoms with van der Waals surface area (Å²) in [7, 11) is 0. The minimum atomic E-state index is -0.977. The molecule has 0 saturated heterocycles. The summed E-state index contributed by atoms with van der Waals surface area (Å²) >= 11 is 1.24. The fourth-order valence-corrected chi connectivity index (χ4v) is 2.73. The number of aryl methyl sites for hydroxylation is 1. The predicted octanol–water partition coefficient (Wildman–Crippen LogP) is 2.55. The highest BCUT2D eigenvalue weighted by Crippen LogP contribution is 2.34. The second-order valence-electron chi connectivity index (χ2n) is 4.91. The van der Waals surface area contributed by atoms with E-state index >= 15 is 0 Å². The van der Waals surface area contributed by atoms with Crippen molar-refractivity contribution in [2.75, 3.05) is 0 Å². The Balaban J connectivity index is 2.15. The molecule has 2 rings (SSSR count). The van der Waals surface area contributed by atoms with Crippen LogP contribution in [0, 0.1) is 0 Å². The van der Waals surface area contributed by atoms with Crippen molar-refractivity contribution in [1.29, 1.82) is 0 Å². The van der Waals surface area contributed by atoms with E-state index in [9.17, 15) is 9.90 Å². The molecule has 7 nitrogen and oxygen atoms in total. The van der Waals surface area contributed by atoms with Crippen LogP contribution >= 0.6 is 11.3 Å². The van der Waals surface area contributed by atoms with E-state index in [2.05, 4.69) is 15.5 Å². The Bertz CT molecular complexity index is 621. The molecule has 0 aliphatic rings. The molecule has 0 atom stereocenters. The maximum absolute atomic E-state index is 11.3. The Labute approximate surface area is 126 Å². The maximum atomic E-state index is 11.3. The molecular weight excluding hydrogens is 292 g/mol. The van der Waals surface area contributed by atoms with Gasteiger partial charge in [0.05, 0.1) is 0 Å². The monoisotopic (exact) mass is 310 g/mol. The molecule has 114 valence electrons. The molecule has 0 radical (unpaired) electrons. The molecule has 2 aromatic rings. The molecule has 0 fully saturated rings. The third kappa shape index (κ3) is 3.57. The lowest BCUT2D eigenvalue weighted by Gasteiger charge is -2.05. The Morgan fingerprint density at radius 2 is 2.29 bits per heavy atom. The lowest BCUT2D eigenvalue weighted by molar-refractivity contribution is 0.0697. The number of aromatic carboxylic acids is 1. The van der Waals surface area contributed by atoms with Gasteiger partial charge in [-0.1, -0.05) is 20.8 Å². The number of nitrogens with zero attached hydrogens (tertiary/aromatic N) is 4. The quantitative estimate of drug-likeness (QED) is 0.845. The Hall–Kier alpha value is -1.96. The number of thiophene rings is 1. The number of carboxylic acid groups (broad SMARTS) is 1. The molecule has 0 aliphatic carbocycles. The van der Waals surface area contributed by atoms with E-state index in [1.807, 2.05) is 20.8 Å². The van der Waals surface area contributed by atoms with E-state index in [0.717, 1.165) is 11.3 Å². The van der Waals surface area contributed by atoms with Gasteiger partial charge in [-0.15, -0.1) is 16.4 Å². The number of rotatable bonds is 7. The van der Waals surface area contributed by atoms with Gasteiger partial charge in [-0.3, -0.25) is 0 Å². The minimum absolute atomic E-state index is 0.154. The number of carboxylic acids is 1.